The van der Waals surface area contributed by atoms with E-state index >= 15 is 0 Å². The van der Waals surface area contributed by atoms with Crippen LogP contribution in [0.25, 0.3) is 0 Å². The maximum atomic E-state index is 14.5. The maximum absolute atomic E-state index is 14.5. The Morgan fingerprint density at radius 2 is 1.87 bits per heavy atom. The molecule has 1 atom stereocenters. The van der Waals surface area contributed by atoms with Gasteiger partial charge in [-0.05, 0) is 30.3 Å². The van der Waals surface area contributed by atoms with Gasteiger partial charge in [0.15, 0.2) is 0 Å². The van der Waals surface area contributed by atoms with Gasteiger partial charge in [-0.2, -0.15) is 0 Å². The molecule has 3 heterocycles. The van der Waals surface area contributed by atoms with E-state index in [0.717, 1.165) is 4.90 Å². The first-order valence-corrected chi connectivity index (χ1v) is 10.2. The first-order chi connectivity index (χ1) is 15.0. The van der Waals surface area contributed by atoms with Crippen molar-refractivity contribution in [3.8, 4) is 0 Å². The van der Waals surface area contributed by atoms with E-state index in [-0.39, 0.29) is 18.8 Å². The number of amides is 3. The molecule has 9 nitrogen and oxygen atoms in total. The van der Waals surface area contributed by atoms with Crippen LogP contribution >= 0.6 is 11.3 Å². The third-order valence-electron chi connectivity index (χ3n) is 5.00. The Labute approximate surface area is 179 Å². The van der Waals surface area contributed by atoms with Crippen LogP contribution in [0.5, 0.6) is 0 Å². The highest BCUT2D eigenvalue weighted by molar-refractivity contribution is 7.13. The molecular weight excluding hydrogens is 425 g/mol. The normalized spacial score (nSPS) is 17.8. The summed E-state index contributed by atoms with van der Waals surface area (Å²) in [6.07, 6.45) is -1.40. The molecule has 156 valence electrons. The minimum absolute atomic E-state index is 0.0756. The van der Waals surface area contributed by atoms with E-state index < -0.39 is 29.8 Å². The van der Waals surface area contributed by atoms with Gasteiger partial charge < -0.3 is 10.1 Å². The molecule has 1 N–H and O–H groups in total. The minimum Gasteiger partial charge on any atom is -0.442 e. The summed E-state index contributed by atoms with van der Waals surface area (Å²) in [6.45, 7) is 0.00259. The Kier molecular flexibility index (Phi) is 4.59. The molecule has 1 aromatic heterocycles. The summed E-state index contributed by atoms with van der Waals surface area (Å²) in [6, 6.07) is 10.8. The third kappa shape index (κ3) is 3.38. The van der Waals surface area contributed by atoms with E-state index in [1.807, 2.05) is 0 Å². The quantitative estimate of drug-likeness (QED) is 0.609. The second-order valence-corrected chi connectivity index (χ2v) is 7.75. The second kappa shape index (κ2) is 7.43. The average molecular weight is 439 g/mol. The number of fused-ring (bicyclic) bond motifs is 1. The molecule has 1 fully saturated rings. The molecule has 1 saturated heterocycles. The van der Waals surface area contributed by atoms with Crippen LogP contribution in [0.3, 0.4) is 0 Å². The van der Waals surface area contributed by atoms with Crippen LogP contribution in [0.15, 0.2) is 48.0 Å². The zero-order chi connectivity index (χ0) is 21.5. The smallest absolute Gasteiger partial charge is 0.414 e. The molecule has 0 unspecified atom stereocenters. The maximum Gasteiger partial charge on any atom is 0.414 e. The summed E-state index contributed by atoms with van der Waals surface area (Å²) in [5.41, 5.74) is 2.66. The number of cyclic esters (lactones) is 1. The van der Waals surface area contributed by atoms with E-state index in [2.05, 4.69) is 15.5 Å². The first-order valence-electron chi connectivity index (χ1n) is 9.27. The topological polar surface area (TPSA) is 105 Å². The number of rotatable bonds is 5. The zero-order valence-corrected chi connectivity index (χ0v) is 16.6. The standard InChI is InChI=1S/C20H14FN5O4S/c21-15-7-11(5-6-16(15)23-19-24-22-10-31-19)25-8-12(30-20(25)29)9-26-17(27)13-3-1-2-4-14(13)18(26)28/h1-7,10,12H,8-9H2,(H,23,24)/t12-/m1/s1. The first kappa shape index (κ1) is 19.1. The van der Waals surface area contributed by atoms with Crippen molar-refractivity contribution >= 4 is 45.8 Å². The SMILES string of the molecule is O=C1c2ccccc2C(=O)N1C[C@H]1CN(c2ccc(Nc3nncs3)c(F)c2)C(=O)O1. The lowest BCUT2D eigenvalue weighted by atomic mass is 10.1. The molecule has 0 aliphatic carbocycles. The van der Waals surface area contributed by atoms with Gasteiger partial charge in [0, 0.05) is 0 Å². The van der Waals surface area contributed by atoms with Gasteiger partial charge in [-0.25, -0.2) is 9.18 Å². The van der Waals surface area contributed by atoms with Crippen molar-refractivity contribution in [2.45, 2.75) is 6.10 Å². The highest BCUT2D eigenvalue weighted by Gasteiger charge is 2.40. The van der Waals surface area contributed by atoms with Gasteiger partial charge in [-0.3, -0.25) is 19.4 Å². The van der Waals surface area contributed by atoms with Gasteiger partial charge in [-0.1, -0.05) is 23.5 Å². The molecule has 3 aromatic rings. The summed E-state index contributed by atoms with van der Waals surface area (Å²) in [4.78, 5) is 39.7. The van der Waals surface area contributed by atoms with Crippen molar-refractivity contribution in [2.75, 3.05) is 23.3 Å². The molecule has 11 heteroatoms. The van der Waals surface area contributed by atoms with Gasteiger partial charge in [0.05, 0.1) is 35.6 Å². The van der Waals surface area contributed by atoms with Crippen LogP contribution in [0.2, 0.25) is 0 Å². The van der Waals surface area contributed by atoms with Crippen LogP contribution in [0, 0.1) is 5.82 Å². The van der Waals surface area contributed by atoms with Crippen molar-refractivity contribution in [3.05, 3.63) is 64.9 Å². The molecule has 2 aromatic carbocycles. The minimum atomic E-state index is -0.725. The molecule has 0 spiro atoms. The number of nitrogens with zero attached hydrogens (tertiary/aromatic N) is 4. The van der Waals surface area contributed by atoms with Crippen LogP contribution in [0.1, 0.15) is 20.7 Å². The largest absolute Gasteiger partial charge is 0.442 e. The fraction of sp³-hybridized carbons (Fsp3) is 0.150. The number of carbonyl (C=O) groups is 3. The van der Waals surface area contributed by atoms with E-state index in [4.69, 9.17) is 4.74 Å². The number of halogens is 1. The molecular formula is C20H14FN5O4S. The monoisotopic (exact) mass is 439 g/mol. The molecule has 2 aliphatic rings. The number of aromatic nitrogens is 2. The van der Waals surface area contributed by atoms with Gasteiger partial charge in [0.25, 0.3) is 11.8 Å². The number of imide groups is 1. The van der Waals surface area contributed by atoms with Crippen LogP contribution in [0.4, 0.5) is 25.7 Å². The lowest BCUT2D eigenvalue weighted by molar-refractivity contribution is 0.0558. The predicted molar refractivity (Wildman–Crippen MR) is 109 cm³/mol. The molecule has 0 bridgehead atoms. The number of anilines is 3. The van der Waals surface area contributed by atoms with E-state index in [9.17, 15) is 18.8 Å². The zero-order valence-electron chi connectivity index (χ0n) is 15.8. The molecule has 5 rings (SSSR count). The van der Waals surface area contributed by atoms with Crippen LogP contribution < -0.4 is 10.2 Å². The Morgan fingerprint density at radius 1 is 1.13 bits per heavy atom. The summed E-state index contributed by atoms with van der Waals surface area (Å²) in [5.74, 6) is -1.43. The number of hydrogen-bond donors (Lipinski definition) is 1. The average Bonchev–Trinajstić information content (AvgIpc) is 3.46. The summed E-state index contributed by atoms with van der Waals surface area (Å²) in [5, 5.41) is 10.7. The Bertz CT molecular complexity index is 1170. The number of hydrogen-bond acceptors (Lipinski definition) is 8. The highest BCUT2D eigenvalue weighted by Crippen LogP contribution is 2.29. The molecule has 0 saturated carbocycles. The summed E-state index contributed by atoms with van der Waals surface area (Å²) < 4.78 is 19.8. The van der Waals surface area contributed by atoms with Gasteiger partial charge in [0.1, 0.15) is 17.4 Å². The van der Waals surface area contributed by atoms with E-state index in [1.165, 1.54) is 33.9 Å². The Hall–Kier alpha value is -3.86. The van der Waals surface area contributed by atoms with Crippen molar-refractivity contribution in [2.24, 2.45) is 0 Å². The van der Waals surface area contributed by atoms with Gasteiger partial charge in [-0.15, -0.1) is 10.2 Å². The lowest BCUT2D eigenvalue weighted by Gasteiger charge is -2.17. The summed E-state index contributed by atoms with van der Waals surface area (Å²) in [7, 11) is 0. The fourth-order valence-electron chi connectivity index (χ4n) is 3.55. The van der Waals surface area contributed by atoms with E-state index in [1.54, 1.807) is 30.3 Å². The number of benzene rings is 2. The van der Waals surface area contributed by atoms with Gasteiger partial charge >= 0.3 is 6.09 Å². The molecule has 2 aliphatic heterocycles. The van der Waals surface area contributed by atoms with Gasteiger partial charge in [0.2, 0.25) is 5.13 Å². The Morgan fingerprint density at radius 3 is 2.52 bits per heavy atom. The van der Waals surface area contributed by atoms with Crippen molar-refractivity contribution in [1.29, 1.82) is 0 Å². The fourth-order valence-corrected chi connectivity index (χ4v) is 4.01. The Balaban J connectivity index is 1.29. The molecule has 0 radical (unpaired) electrons. The van der Waals surface area contributed by atoms with Crippen molar-refractivity contribution < 1.29 is 23.5 Å². The predicted octanol–water partition coefficient (Wildman–Crippen LogP) is 3.04. The third-order valence-corrected chi connectivity index (χ3v) is 5.61. The second-order valence-electron chi connectivity index (χ2n) is 6.92. The summed E-state index contributed by atoms with van der Waals surface area (Å²) >= 11 is 1.22. The number of nitrogens with one attached hydrogen (secondary N) is 1. The molecule has 31 heavy (non-hydrogen) atoms. The van der Waals surface area contributed by atoms with Crippen LogP contribution in [-0.4, -0.2) is 52.2 Å². The van der Waals surface area contributed by atoms with Crippen molar-refractivity contribution in [1.82, 2.24) is 15.1 Å². The lowest BCUT2D eigenvalue weighted by Crippen LogP contribution is -2.38. The highest BCUT2D eigenvalue weighted by atomic mass is 32.1. The van der Waals surface area contributed by atoms with Crippen molar-refractivity contribution in [3.63, 3.8) is 0 Å². The number of ether oxygens (including phenoxy) is 1. The van der Waals surface area contributed by atoms with E-state index in [0.29, 0.717) is 21.9 Å². The van der Waals surface area contributed by atoms with Crippen LogP contribution in [-0.2, 0) is 4.74 Å². The molecule has 3 amide bonds. The number of carbonyl (C=O) groups excluding carboxylic acids is 3.